The van der Waals surface area contributed by atoms with Gasteiger partial charge in [-0.2, -0.15) is 0 Å². The summed E-state index contributed by atoms with van der Waals surface area (Å²) in [5, 5.41) is 16.3. The molecule has 0 spiro atoms. The number of aromatic hydroxyl groups is 1. The summed E-state index contributed by atoms with van der Waals surface area (Å²) in [5.74, 6) is -0.356. The highest BCUT2D eigenvalue weighted by Gasteiger charge is 2.20. The number of ether oxygens (including phenoxy) is 1. The lowest BCUT2D eigenvalue weighted by atomic mass is 10.2. The molecule has 0 bridgehead atoms. The van der Waals surface area contributed by atoms with Gasteiger partial charge in [-0.25, -0.2) is 8.42 Å². The lowest BCUT2D eigenvalue weighted by Crippen LogP contribution is -2.15. The zero-order chi connectivity index (χ0) is 23.4. The van der Waals surface area contributed by atoms with E-state index in [9.17, 15) is 18.3 Å². The number of hydrogen-bond donors (Lipinski definition) is 3. The van der Waals surface area contributed by atoms with Gasteiger partial charge in [0, 0.05) is 24.0 Å². The maximum Gasteiger partial charge on any atom is 0.277 e. The van der Waals surface area contributed by atoms with E-state index in [2.05, 4.69) is 20.2 Å². The minimum absolute atomic E-state index is 0.0614. The van der Waals surface area contributed by atoms with Crippen LogP contribution in [0, 0.1) is 0 Å². The number of benzene rings is 2. The lowest BCUT2D eigenvalue weighted by Gasteiger charge is -2.13. The number of aromatic nitrogens is 2. The lowest BCUT2D eigenvalue weighted by molar-refractivity contribution is 0.101. The molecule has 2 aromatic carbocycles. The van der Waals surface area contributed by atoms with Crippen molar-refractivity contribution in [3.63, 3.8) is 0 Å². The SMILES string of the molecule is COc1ccccc1NS(=O)(=O)c1ccc(O)c(NC(=O)c2cc(-c3cccnc3)on2)c1. The molecule has 0 saturated heterocycles. The number of nitrogens with zero attached hydrogens (tertiary/aromatic N) is 2. The molecule has 1 amide bonds. The van der Waals surface area contributed by atoms with Gasteiger partial charge in [0.25, 0.3) is 15.9 Å². The number of pyridine rings is 1. The number of methoxy groups -OCH3 is 1. The van der Waals surface area contributed by atoms with Crippen LogP contribution < -0.4 is 14.8 Å². The third-order valence-electron chi connectivity index (χ3n) is 4.57. The van der Waals surface area contributed by atoms with Crippen molar-refractivity contribution >= 4 is 27.3 Å². The van der Waals surface area contributed by atoms with E-state index in [1.807, 2.05) is 0 Å². The summed E-state index contributed by atoms with van der Waals surface area (Å²) in [6.07, 6.45) is 3.15. The zero-order valence-electron chi connectivity index (χ0n) is 17.2. The summed E-state index contributed by atoms with van der Waals surface area (Å²) < 4.78 is 38.5. The van der Waals surface area contributed by atoms with Gasteiger partial charge in [0.05, 0.1) is 23.4 Å². The number of sulfonamides is 1. The molecule has 0 aliphatic heterocycles. The number of rotatable bonds is 7. The van der Waals surface area contributed by atoms with E-state index >= 15 is 0 Å². The number of amides is 1. The average Bonchev–Trinajstić information content (AvgIpc) is 3.32. The van der Waals surface area contributed by atoms with E-state index in [1.54, 1.807) is 48.8 Å². The smallest absolute Gasteiger partial charge is 0.277 e. The van der Waals surface area contributed by atoms with Crippen molar-refractivity contribution in [3.05, 3.63) is 78.8 Å². The fourth-order valence-electron chi connectivity index (χ4n) is 2.93. The van der Waals surface area contributed by atoms with Crippen molar-refractivity contribution in [1.82, 2.24) is 10.1 Å². The number of carbonyl (C=O) groups is 1. The summed E-state index contributed by atoms with van der Waals surface area (Å²) in [7, 11) is -2.63. The Morgan fingerprint density at radius 2 is 1.88 bits per heavy atom. The molecule has 2 heterocycles. The van der Waals surface area contributed by atoms with Crippen LogP contribution in [0.4, 0.5) is 11.4 Å². The van der Waals surface area contributed by atoms with Crippen LogP contribution in [0.25, 0.3) is 11.3 Å². The highest BCUT2D eigenvalue weighted by Crippen LogP contribution is 2.30. The molecule has 0 aliphatic carbocycles. The number of hydrogen-bond acceptors (Lipinski definition) is 8. The van der Waals surface area contributed by atoms with Crippen LogP contribution in [0.3, 0.4) is 0 Å². The Morgan fingerprint density at radius 3 is 2.64 bits per heavy atom. The number of carbonyl (C=O) groups excluding carboxylic acids is 1. The Labute approximate surface area is 188 Å². The van der Waals surface area contributed by atoms with Crippen molar-refractivity contribution in [2.45, 2.75) is 4.90 Å². The predicted octanol–water partition coefficient (Wildman–Crippen LogP) is 3.50. The molecule has 0 fully saturated rings. The largest absolute Gasteiger partial charge is 0.506 e. The Morgan fingerprint density at radius 1 is 1.06 bits per heavy atom. The first-order chi connectivity index (χ1) is 15.9. The molecule has 33 heavy (non-hydrogen) atoms. The molecular formula is C22H18N4O6S. The van der Waals surface area contributed by atoms with E-state index in [0.717, 1.165) is 12.1 Å². The zero-order valence-corrected chi connectivity index (χ0v) is 18.0. The van der Waals surface area contributed by atoms with Gasteiger partial charge in [0.2, 0.25) is 0 Å². The van der Waals surface area contributed by atoms with Crippen molar-refractivity contribution < 1.29 is 27.6 Å². The molecule has 2 aromatic heterocycles. The topological polar surface area (TPSA) is 144 Å². The van der Waals surface area contributed by atoms with Gasteiger partial charge in [-0.1, -0.05) is 17.3 Å². The van der Waals surface area contributed by atoms with Gasteiger partial charge >= 0.3 is 0 Å². The highest BCUT2D eigenvalue weighted by molar-refractivity contribution is 7.92. The minimum Gasteiger partial charge on any atom is -0.506 e. The highest BCUT2D eigenvalue weighted by atomic mass is 32.2. The van der Waals surface area contributed by atoms with Gasteiger partial charge < -0.3 is 19.7 Å². The molecule has 0 atom stereocenters. The quantitative estimate of drug-likeness (QED) is 0.351. The molecule has 10 nitrogen and oxygen atoms in total. The standard InChI is InChI=1S/C22H18N4O6S/c1-31-20-7-3-2-6-16(20)26-33(29,30)15-8-9-19(27)17(11-15)24-22(28)18-12-21(32-25-18)14-5-4-10-23-13-14/h2-13,26-27H,1H3,(H,24,28). The summed E-state index contributed by atoms with van der Waals surface area (Å²) in [6, 6.07) is 14.9. The number of anilines is 2. The summed E-state index contributed by atoms with van der Waals surface area (Å²) in [5.41, 5.74) is 0.689. The number of para-hydroxylation sites is 2. The van der Waals surface area contributed by atoms with E-state index in [4.69, 9.17) is 9.26 Å². The maximum absolute atomic E-state index is 12.9. The molecule has 0 aliphatic rings. The summed E-state index contributed by atoms with van der Waals surface area (Å²) >= 11 is 0. The van der Waals surface area contributed by atoms with Gasteiger partial charge in [-0.3, -0.25) is 14.5 Å². The van der Waals surface area contributed by atoms with Gasteiger partial charge in [-0.05, 0) is 42.5 Å². The van der Waals surface area contributed by atoms with Crippen molar-refractivity contribution in [3.8, 4) is 22.8 Å². The number of phenolic OH excluding ortho intramolecular Hbond substituents is 1. The Bertz CT molecular complexity index is 1400. The molecule has 0 unspecified atom stereocenters. The van der Waals surface area contributed by atoms with Crippen LogP contribution in [0.1, 0.15) is 10.5 Å². The van der Waals surface area contributed by atoms with E-state index in [-0.39, 0.29) is 27.7 Å². The first-order valence-electron chi connectivity index (χ1n) is 9.55. The monoisotopic (exact) mass is 466 g/mol. The number of nitrogens with one attached hydrogen (secondary N) is 2. The first kappa shape index (κ1) is 21.8. The number of phenols is 1. The Kier molecular flexibility index (Phi) is 5.96. The third kappa shape index (κ3) is 4.77. The van der Waals surface area contributed by atoms with Gasteiger partial charge in [-0.15, -0.1) is 0 Å². The van der Waals surface area contributed by atoms with Crippen LogP contribution in [0.15, 0.2) is 82.5 Å². The fraction of sp³-hybridized carbons (Fsp3) is 0.0455. The van der Waals surface area contributed by atoms with Crippen molar-refractivity contribution in [2.75, 3.05) is 17.1 Å². The van der Waals surface area contributed by atoms with E-state index < -0.39 is 15.9 Å². The molecule has 0 radical (unpaired) electrons. The average molecular weight is 466 g/mol. The fourth-order valence-corrected chi connectivity index (χ4v) is 4.02. The molecule has 4 aromatic rings. The molecule has 4 rings (SSSR count). The third-order valence-corrected chi connectivity index (χ3v) is 5.93. The van der Waals surface area contributed by atoms with Crippen molar-refractivity contribution in [2.24, 2.45) is 0 Å². The molecule has 0 saturated carbocycles. The maximum atomic E-state index is 12.9. The first-order valence-corrected chi connectivity index (χ1v) is 11.0. The van der Waals surface area contributed by atoms with Crippen LogP contribution in [0.2, 0.25) is 0 Å². The van der Waals surface area contributed by atoms with Crippen molar-refractivity contribution in [1.29, 1.82) is 0 Å². The second-order valence-corrected chi connectivity index (χ2v) is 8.44. The molecule has 3 N–H and O–H groups in total. The Hall–Kier alpha value is -4.38. The van der Waals surface area contributed by atoms with Crippen LogP contribution in [-0.2, 0) is 10.0 Å². The van der Waals surface area contributed by atoms with Crippen LogP contribution >= 0.6 is 0 Å². The minimum atomic E-state index is -4.05. The Balaban J connectivity index is 1.56. The second kappa shape index (κ2) is 9.01. The molecule has 11 heteroatoms. The van der Waals surface area contributed by atoms with Crippen LogP contribution in [-0.4, -0.2) is 36.7 Å². The summed E-state index contributed by atoms with van der Waals surface area (Å²) in [4.78, 5) is 16.4. The molecular weight excluding hydrogens is 448 g/mol. The van der Waals surface area contributed by atoms with Crippen LogP contribution in [0.5, 0.6) is 11.5 Å². The predicted molar refractivity (Wildman–Crippen MR) is 120 cm³/mol. The van der Waals surface area contributed by atoms with E-state index in [0.29, 0.717) is 17.1 Å². The van der Waals surface area contributed by atoms with Gasteiger partial charge in [0.15, 0.2) is 11.5 Å². The van der Waals surface area contributed by atoms with Gasteiger partial charge in [0.1, 0.15) is 11.5 Å². The van der Waals surface area contributed by atoms with E-state index in [1.165, 1.54) is 19.2 Å². The second-order valence-electron chi connectivity index (χ2n) is 6.76. The summed E-state index contributed by atoms with van der Waals surface area (Å²) in [6.45, 7) is 0. The molecule has 168 valence electrons. The normalized spacial score (nSPS) is 11.1.